The van der Waals surface area contributed by atoms with Crippen LogP contribution in [-0.2, 0) is 4.79 Å². The zero-order valence-corrected chi connectivity index (χ0v) is 34.9. The summed E-state index contributed by atoms with van der Waals surface area (Å²) < 4.78 is 0. The van der Waals surface area contributed by atoms with Gasteiger partial charge < -0.3 is 15.3 Å². The molecule has 7 saturated carbocycles. The molecule has 4 nitrogen and oxygen atoms in total. The number of fused-ring (bicyclic) bond motifs is 5. The number of carbonyl (C=O) groups is 1. The smallest absolute Gasteiger partial charge is 0.142 e. The van der Waals surface area contributed by atoms with Gasteiger partial charge in [-0.2, -0.15) is 0 Å². The first kappa shape index (κ1) is 38.6. The zero-order chi connectivity index (χ0) is 38.1. The van der Waals surface area contributed by atoms with E-state index in [2.05, 4.69) is 55.4 Å². The molecule has 0 amide bonds. The van der Waals surface area contributed by atoms with Crippen molar-refractivity contribution in [2.24, 2.45) is 99.1 Å². The van der Waals surface area contributed by atoms with E-state index in [4.69, 9.17) is 13.2 Å². The summed E-state index contributed by atoms with van der Waals surface area (Å²) in [4.78, 5) is 14.2. The zero-order valence-electron chi connectivity index (χ0n) is 34.9. The third-order valence-electron chi connectivity index (χ3n) is 19.5. The Balaban J connectivity index is 1.15. The van der Waals surface area contributed by atoms with E-state index in [1.807, 2.05) is 0 Å². The van der Waals surface area contributed by atoms with Crippen molar-refractivity contribution in [2.45, 2.75) is 164 Å². The topological polar surface area (TPSA) is 77.8 Å². The average Bonchev–Trinajstić information content (AvgIpc) is 3.48. The molecule has 0 aliphatic heterocycles. The number of aliphatic hydroxyl groups excluding tert-OH is 3. The van der Waals surface area contributed by atoms with E-state index in [0.29, 0.717) is 53.1 Å². The fourth-order valence-electron chi connectivity index (χ4n) is 17.3. The Morgan fingerprint density at radius 3 is 2.02 bits per heavy atom. The number of hydrogen-bond acceptors (Lipinski definition) is 4. The van der Waals surface area contributed by atoms with Gasteiger partial charge in [0.05, 0.1) is 18.3 Å². The Morgan fingerprint density at radius 1 is 0.811 bits per heavy atom. The van der Waals surface area contributed by atoms with Gasteiger partial charge in [-0.15, -0.1) is 0 Å². The molecule has 8 aliphatic rings. The lowest BCUT2D eigenvalue weighted by Crippen LogP contribution is -2.62. The van der Waals surface area contributed by atoms with Crippen LogP contribution in [0.15, 0.2) is 35.5 Å². The Bertz CT molecular complexity index is 1510. The Kier molecular flexibility index (Phi) is 9.79. The van der Waals surface area contributed by atoms with Crippen LogP contribution in [0.25, 0.3) is 0 Å². The molecule has 0 heterocycles. The van der Waals surface area contributed by atoms with Gasteiger partial charge in [0.2, 0.25) is 0 Å². The van der Waals surface area contributed by atoms with Crippen molar-refractivity contribution in [2.75, 3.05) is 0 Å². The fourth-order valence-corrected chi connectivity index (χ4v) is 17.3. The summed E-state index contributed by atoms with van der Waals surface area (Å²) in [6, 6.07) is 0. The maximum absolute atomic E-state index is 14.2. The number of ketones is 1. The molecular formula is C49H76O4. The van der Waals surface area contributed by atoms with E-state index >= 15 is 0 Å². The molecule has 4 heteroatoms. The van der Waals surface area contributed by atoms with Crippen molar-refractivity contribution < 1.29 is 20.1 Å². The lowest BCUT2D eigenvalue weighted by atomic mass is 9.34. The summed E-state index contributed by atoms with van der Waals surface area (Å²) in [6.07, 6.45) is 13.4. The highest BCUT2D eigenvalue weighted by Crippen LogP contribution is 2.75. The average molecular weight is 729 g/mol. The highest BCUT2D eigenvalue weighted by Gasteiger charge is 2.67. The molecule has 0 radical (unpaired) electrons. The second-order valence-corrected chi connectivity index (χ2v) is 22.2. The normalized spacial score (nSPS) is 54.0. The van der Waals surface area contributed by atoms with E-state index in [1.54, 1.807) is 0 Å². The highest BCUT2D eigenvalue weighted by atomic mass is 16.3. The molecular weight excluding hydrogens is 653 g/mol. The third kappa shape index (κ3) is 5.53. The predicted octanol–water partition coefficient (Wildman–Crippen LogP) is 10.4. The van der Waals surface area contributed by atoms with Crippen LogP contribution in [0.2, 0.25) is 0 Å². The van der Waals surface area contributed by atoms with Gasteiger partial charge in [-0.3, -0.25) is 4.79 Å². The molecule has 18 atom stereocenters. The van der Waals surface area contributed by atoms with Crippen molar-refractivity contribution >= 4 is 5.78 Å². The number of rotatable bonds is 5. The number of hydrogen-bond donors (Lipinski definition) is 3. The van der Waals surface area contributed by atoms with Crippen LogP contribution in [0.3, 0.4) is 0 Å². The molecule has 18 unspecified atom stereocenters. The second kappa shape index (κ2) is 13.4. The predicted molar refractivity (Wildman–Crippen MR) is 215 cm³/mol. The lowest BCUT2D eigenvalue weighted by molar-refractivity contribution is -0.148. The molecule has 0 saturated heterocycles. The lowest BCUT2D eigenvalue weighted by Gasteiger charge is -2.70. The van der Waals surface area contributed by atoms with Gasteiger partial charge in [0, 0.05) is 23.2 Å². The van der Waals surface area contributed by atoms with E-state index < -0.39 is 18.3 Å². The molecule has 3 N–H and O–H groups in total. The van der Waals surface area contributed by atoms with Crippen molar-refractivity contribution in [3.05, 3.63) is 35.5 Å². The summed E-state index contributed by atoms with van der Waals surface area (Å²) in [7, 11) is 0. The summed E-state index contributed by atoms with van der Waals surface area (Å²) in [5.41, 5.74) is 6.05. The summed E-state index contributed by atoms with van der Waals surface area (Å²) in [5, 5.41) is 35.4. The first-order valence-corrected chi connectivity index (χ1v) is 22.6. The molecule has 0 spiro atoms. The molecule has 8 aliphatic carbocycles. The number of aliphatic hydroxyl groups is 3. The monoisotopic (exact) mass is 729 g/mol. The maximum atomic E-state index is 14.2. The molecule has 0 aromatic heterocycles. The largest absolute Gasteiger partial charge is 0.392 e. The minimum Gasteiger partial charge on any atom is -0.392 e. The molecule has 8 rings (SSSR count). The van der Waals surface area contributed by atoms with E-state index in [-0.39, 0.29) is 51.8 Å². The van der Waals surface area contributed by atoms with Crippen LogP contribution < -0.4 is 0 Å². The minimum absolute atomic E-state index is 0.0200. The van der Waals surface area contributed by atoms with Gasteiger partial charge in [0.25, 0.3) is 0 Å². The first-order chi connectivity index (χ1) is 24.9. The number of carbonyl (C=O) groups excluding carboxylic acids is 1. The van der Waals surface area contributed by atoms with Gasteiger partial charge in [-0.05, 0) is 158 Å². The van der Waals surface area contributed by atoms with Crippen molar-refractivity contribution in [1.82, 2.24) is 0 Å². The summed E-state index contributed by atoms with van der Waals surface area (Å²) >= 11 is 0. The van der Waals surface area contributed by atoms with Crippen LogP contribution >= 0.6 is 0 Å². The number of Topliss-reactive ketones (excluding diaryl/α,β-unsaturated/α-hetero) is 1. The molecule has 296 valence electrons. The molecule has 0 aromatic rings. The maximum Gasteiger partial charge on any atom is 0.142 e. The van der Waals surface area contributed by atoms with Gasteiger partial charge in [-0.1, -0.05) is 98.5 Å². The fraction of sp³-hybridized carbons (Fsp3) is 0.857. The van der Waals surface area contributed by atoms with Crippen LogP contribution in [-0.4, -0.2) is 39.4 Å². The molecule has 0 aromatic carbocycles. The van der Waals surface area contributed by atoms with Crippen molar-refractivity contribution in [3.63, 3.8) is 0 Å². The third-order valence-corrected chi connectivity index (χ3v) is 19.5. The molecule has 0 bridgehead atoms. The second-order valence-electron chi connectivity index (χ2n) is 22.2. The summed E-state index contributed by atoms with van der Waals surface area (Å²) in [6.45, 7) is 29.9. The van der Waals surface area contributed by atoms with E-state index in [9.17, 15) is 20.1 Å². The van der Waals surface area contributed by atoms with Crippen LogP contribution in [0, 0.1) is 99.1 Å². The Hall–Kier alpha value is -1.23. The molecule has 53 heavy (non-hydrogen) atoms. The Morgan fingerprint density at radius 2 is 1.42 bits per heavy atom. The summed E-state index contributed by atoms with van der Waals surface area (Å²) in [5.74, 6) is 3.85. The van der Waals surface area contributed by atoms with Gasteiger partial charge in [0.15, 0.2) is 0 Å². The minimum atomic E-state index is -0.506. The quantitative estimate of drug-likeness (QED) is 0.246. The first-order valence-electron chi connectivity index (χ1n) is 22.6. The van der Waals surface area contributed by atoms with E-state index in [0.717, 1.165) is 70.6 Å². The van der Waals surface area contributed by atoms with Crippen LogP contribution in [0.1, 0.15) is 145 Å². The van der Waals surface area contributed by atoms with Gasteiger partial charge in [-0.25, -0.2) is 0 Å². The molecule has 7 fully saturated rings. The van der Waals surface area contributed by atoms with Crippen LogP contribution in [0.4, 0.5) is 0 Å². The van der Waals surface area contributed by atoms with Gasteiger partial charge >= 0.3 is 0 Å². The van der Waals surface area contributed by atoms with Crippen LogP contribution in [0.5, 0.6) is 0 Å². The SMILES string of the molecule is C=C1C2C(C)C(CC3C(O)C4CCCCC4C3O)CC(CC3C(=O)C4CCCCC4C3O)C2CC2(C)CC3(C)CC(C)=C(C(C)C)C(=C)C3(C)C(C)C12. The Labute approximate surface area is 323 Å². The highest BCUT2D eigenvalue weighted by molar-refractivity contribution is 5.87. The standard InChI is InChI=1S/C49H76O4/c1-25(2)40-26(3)22-48(9)24-47(8)23-39-32(21-38-45(52)35-17-13-14-18-36(35)46(38)53)19-31(20-37-43(50)33-15-11-12-16-34(33)44(37)51)27(4)41(39)28(5)42(47)30(7)49(48,10)29(40)6/h25,27,30-39,41-45,50-52H,5-6,11-24H2,1-4,7-10H3. The van der Waals surface area contributed by atoms with Crippen molar-refractivity contribution in [1.29, 1.82) is 0 Å². The van der Waals surface area contributed by atoms with Gasteiger partial charge in [0.1, 0.15) is 5.78 Å². The van der Waals surface area contributed by atoms with E-state index in [1.165, 1.54) is 41.6 Å². The number of allylic oxidation sites excluding steroid dienone is 4. The van der Waals surface area contributed by atoms with Crippen molar-refractivity contribution in [3.8, 4) is 0 Å².